The highest BCUT2D eigenvalue weighted by atomic mass is 32.1. The van der Waals surface area contributed by atoms with Crippen LogP contribution in [0.25, 0.3) is 44.9 Å². The van der Waals surface area contributed by atoms with E-state index in [0.717, 1.165) is 128 Å². The molecule has 6 aromatic heterocycles. The fraction of sp³-hybridized carbons (Fsp3) is 0.319. The number of pyridine rings is 2. The molecule has 2 saturated carbocycles. The molecule has 18 nitrogen and oxygen atoms in total. The van der Waals surface area contributed by atoms with Gasteiger partial charge in [0.25, 0.3) is 0 Å². The number of amides is 3. The number of nitrogens with zero attached hydrogens (tertiary/aromatic N) is 12. The Morgan fingerprint density at radius 2 is 1.02 bits per heavy atom. The van der Waals surface area contributed by atoms with E-state index in [9.17, 15) is 23.2 Å². The third-order valence-electron chi connectivity index (χ3n) is 18.4. The molecule has 0 atom stereocenters. The second-order valence-corrected chi connectivity index (χ2v) is 25.8. The summed E-state index contributed by atoms with van der Waals surface area (Å²) in [5.41, 5.74) is 18.4. The number of nitrogens with two attached hydrogens (primary N) is 1. The van der Waals surface area contributed by atoms with Crippen molar-refractivity contribution in [2.24, 2.45) is 5.73 Å². The smallest absolute Gasteiger partial charge is 0.408 e. The Labute approximate surface area is 534 Å². The van der Waals surface area contributed by atoms with Crippen LogP contribution in [0.1, 0.15) is 68.0 Å². The molecule has 8 heterocycles. The maximum Gasteiger partial charge on any atom is 0.408 e. The Kier molecular flexibility index (Phi) is 15.8. The lowest BCUT2D eigenvalue weighted by atomic mass is 9.98. The molecule has 5 aliphatic rings. The van der Waals surface area contributed by atoms with Crippen LogP contribution in [-0.4, -0.2) is 141 Å². The zero-order chi connectivity index (χ0) is 62.7. The maximum atomic E-state index is 13.8. The van der Waals surface area contributed by atoms with Crippen LogP contribution < -0.4 is 30.7 Å². The van der Waals surface area contributed by atoms with Gasteiger partial charge >= 0.3 is 6.09 Å². The fourth-order valence-electron chi connectivity index (χ4n) is 12.9. The molecule has 2 aliphatic heterocycles. The summed E-state index contributed by atoms with van der Waals surface area (Å²) in [6.07, 6.45) is 8.03. The van der Waals surface area contributed by atoms with Gasteiger partial charge in [-0.15, -0.1) is 22.7 Å². The van der Waals surface area contributed by atoms with E-state index in [-0.39, 0.29) is 36.0 Å². The number of aromatic nitrogens is 6. The van der Waals surface area contributed by atoms with E-state index >= 15 is 0 Å². The predicted octanol–water partition coefficient (Wildman–Crippen LogP) is 11.7. The number of hydrogen-bond donors (Lipinski definition) is 2. The number of anilines is 6. The first-order valence-corrected chi connectivity index (χ1v) is 32.9. The van der Waals surface area contributed by atoms with Gasteiger partial charge in [0.2, 0.25) is 11.8 Å². The Bertz CT molecular complexity index is 4320. The van der Waals surface area contributed by atoms with Crippen LogP contribution >= 0.6 is 22.7 Å². The zero-order valence-corrected chi connectivity index (χ0v) is 52.8. The minimum atomic E-state index is -0.900. The predicted molar refractivity (Wildman–Crippen MR) is 354 cm³/mol. The largest absolute Gasteiger partial charge is 0.449 e. The van der Waals surface area contributed by atoms with Crippen LogP contribution in [0.4, 0.5) is 46.8 Å². The lowest BCUT2D eigenvalue weighted by Gasteiger charge is -2.37. The number of nitrogens with one attached hydrogen (secondary N) is 1. The van der Waals surface area contributed by atoms with E-state index in [1.807, 2.05) is 71.1 Å². The average molecular weight is 1260 g/mol. The number of carbonyl (C=O) groups is 3. The van der Waals surface area contributed by atoms with Gasteiger partial charge in [0.1, 0.15) is 46.7 Å². The van der Waals surface area contributed by atoms with Crippen molar-refractivity contribution in [2.45, 2.75) is 69.4 Å². The Hall–Kier alpha value is -9.25. The van der Waals surface area contributed by atoms with Crippen LogP contribution in [0, 0.1) is 11.6 Å². The van der Waals surface area contributed by atoms with Gasteiger partial charge in [0.05, 0.1) is 39.7 Å². The molecule has 3 aliphatic carbocycles. The van der Waals surface area contributed by atoms with E-state index in [1.54, 1.807) is 35.6 Å². The number of alkyl carbamates (subject to hydrolysis) is 1. The number of ether oxygens (including phenoxy) is 1. The molecule has 0 bridgehead atoms. The summed E-state index contributed by atoms with van der Waals surface area (Å²) in [7, 11) is 4.00. The topological polar surface area (TPSA) is 178 Å². The molecule has 91 heavy (non-hydrogen) atoms. The van der Waals surface area contributed by atoms with Gasteiger partial charge in [0, 0.05) is 107 Å². The van der Waals surface area contributed by atoms with E-state index in [2.05, 4.69) is 96.4 Å². The monoisotopic (exact) mass is 1260 g/mol. The standard InChI is InChI=1S/C42H40FN7O3S.C27H30FN7OS/c1-3-35-38(47(2)40-45-36(26-54-40)27-12-14-28(43)15-13-27)50-24-29(16-17-37(50)44-35)48-20-22-49(23-21-48)39(51)42(18-19-42)46-41(52)53-25-34-32-10-6-4-8-30(32)31-9-5-7-11-33(31)34;1-3-21-24(32(2)26-31-22(17-37-26)18-4-6-19(28)7-5-18)35-16-20(8-9-23(35)30-21)33-12-14-34(15-13-33)25(36)27(29)10-11-27/h4-17,24,26,34H,3,18-23,25H2,1-2H3,(H,46,52);4-9,16-17H,3,10-15,29H2,1-2H3. The molecular formula is C69H70F2N14O4S2. The summed E-state index contributed by atoms with van der Waals surface area (Å²) < 4.78 is 36.9. The highest BCUT2D eigenvalue weighted by Crippen LogP contribution is 2.46. The van der Waals surface area contributed by atoms with Crippen LogP contribution in [-0.2, 0) is 27.2 Å². The van der Waals surface area contributed by atoms with Crippen molar-refractivity contribution in [2.75, 3.05) is 92.7 Å². The quantitative estimate of drug-likeness (QED) is 0.0992. The van der Waals surface area contributed by atoms with Crippen molar-refractivity contribution in [3.05, 3.63) is 179 Å². The van der Waals surface area contributed by atoms with E-state index in [4.69, 9.17) is 30.4 Å². The summed E-state index contributed by atoms with van der Waals surface area (Å²) in [6.45, 7) is 9.71. The summed E-state index contributed by atoms with van der Waals surface area (Å²) in [5, 5.41) is 8.58. The lowest BCUT2D eigenvalue weighted by Crippen LogP contribution is -2.56. The number of carbonyl (C=O) groups excluding carboxylic acids is 3. The molecule has 4 fully saturated rings. The van der Waals surface area contributed by atoms with E-state index in [1.165, 1.54) is 46.7 Å². The first-order valence-electron chi connectivity index (χ1n) is 31.1. The van der Waals surface area contributed by atoms with Gasteiger partial charge in [0.15, 0.2) is 10.3 Å². The normalized spacial score (nSPS) is 16.3. The maximum absolute atomic E-state index is 13.8. The van der Waals surface area contributed by atoms with Crippen LogP contribution in [0.15, 0.2) is 144 Å². The minimum Gasteiger partial charge on any atom is -0.449 e. The number of hydrogen-bond acceptors (Lipinski definition) is 15. The number of benzene rings is 4. The van der Waals surface area contributed by atoms with Crippen LogP contribution in [0.2, 0.25) is 0 Å². The zero-order valence-electron chi connectivity index (χ0n) is 51.2. The number of fused-ring (bicyclic) bond motifs is 5. The van der Waals surface area contributed by atoms with Crippen molar-refractivity contribution in [3.63, 3.8) is 0 Å². The van der Waals surface area contributed by atoms with Gasteiger partial charge in [-0.3, -0.25) is 18.4 Å². The van der Waals surface area contributed by atoms with Crippen molar-refractivity contribution in [3.8, 4) is 33.6 Å². The molecule has 15 rings (SSSR count). The van der Waals surface area contributed by atoms with Gasteiger partial charge in [-0.05, 0) is 134 Å². The van der Waals surface area contributed by atoms with E-state index in [0.29, 0.717) is 52.1 Å². The molecule has 2 saturated heterocycles. The summed E-state index contributed by atoms with van der Waals surface area (Å²) in [4.78, 5) is 71.6. The summed E-state index contributed by atoms with van der Waals surface area (Å²) in [6, 6.07) is 37.5. The van der Waals surface area contributed by atoms with Crippen LogP contribution in [0.3, 0.4) is 0 Å². The van der Waals surface area contributed by atoms with Gasteiger partial charge < -0.3 is 45.2 Å². The second kappa shape index (κ2) is 24.2. The summed E-state index contributed by atoms with van der Waals surface area (Å²) >= 11 is 3.08. The highest BCUT2D eigenvalue weighted by molar-refractivity contribution is 7.14. The third kappa shape index (κ3) is 11.5. The minimum absolute atomic E-state index is 0.0401. The van der Waals surface area contributed by atoms with Crippen molar-refractivity contribution in [1.82, 2.24) is 43.9 Å². The molecule has 22 heteroatoms. The molecule has 10 aromatic rings. The van der Waals surface area contributed by atoms with Crippen molar-refractivity contribution >= 4 is 85.1 Å². The molecule has 3 N–H and O–H groups in total. The van der Waals surface area contributed by atoms with Crippen LogP contribution in [0.5, 0.6) is 0 Å². The molecule has 4 aromatic carbocycles. The number of thiazole rings is 2. The first-order chi connectivity index (χ1) is 44.2. The molecule has 3 amide bonds. The molecule has 466 valence electrons. The van der Waals surface area contributed by atoms with Gasteiger partial charge in [-0.25, -0.2) is 33.5 Å². The van der Waals surface area contributed by atoms with Crippen molar-refractivity contribution in [1.29, 1.82) is 0 Å². The third-order valence-corrected chi connectivity index (χ3v) is 20.2. The number of halogens is 2. The fourth-order valence-corrected chi connectivity index (χ4v) is 14.5. The van der Waals surface area contributed by atoms with Crippen molar-refractivity contribution < 1.29 is 27.9 Å². The Morgan fingerprint density at radius 3 is 1.45 bits per heavy atom. The highest BCUT2D eigenvalue weighted by Gasteiger charge is 2.54. The number of rotatable bonds is 15. The van der Waals surface area contributed by atoms with E-state index < -0.39 is 17.2 Å². The summed E-state index contributed by atoms with van der Waals surface area (Å²) in [5.74, 6) is 1.40. The van der Waals surface area contributed by atoms with Gasteiger partial charge in [-0.1, -0.05) is 62.4 Å². The lowest BCUT2D eigenvalue weighted by molar-refractivity contribution is -0.135. The Morgan fingerprint density at radius 1 is 0.582 bits per heavy atom. The molecule has 0 radical (unpaired) electrons. The second-order valence-electron chi connectivity index (χ2n) is 24.1. The number of aryl methyl sites for hydroxylation is 2. The first kappa shape index (κ1) is 59.4. The number of imidazole rings is 2. The molecular weight excluding hydrogens is 1190 g/mol. The SMILES string of the molecule is CCc1nc2ccc(N3CCN(C(=O)C4(N)CC4)CC3)cn2c1N(C)c1nc(-c2ccc(F)cc2)cs1.CCc1nc2ccc(N3CCN(C(=O)C4(NC(=O)OCC5c6ccccc6-c6ccccc65)CC4)CC3)cn2c1N(C)c1nc(-c2ccc(F)cc2)cs1. The van der Waals surface area contributed by atoms with Gasteiger partial charge in [-0.2, -0.15) is 0 Å². The Balaban J connectivity index is 0.000000170. The number of piperazine rings is 2. The molecule has 0 spiro atoms. The average Bonchev–Trinajstić information content (AvgIpc) is 1.79. The molecule has 0 unspecified atom stereocenters.